The van der Waals surface area contributed by atoms with Gasteiger partial charge in [0.2, 0.25) is 11.8 Å². The molecule has 1 unspecified atom stereocenters. The maximum atomic E-state index is 14.3. The maximum Gasteiger partial charge on any atom is 0.264 e. The van der Waals surface area contributed by atoms with Crippen LogP contribution in [0.1, 0.15) is 51.0 Å². The van der Waals surface area contributed by atoms with Crippen molar-refractivity contribution >= 4 is 39.1 Å². The molecule has 2 amide bonds. The van der Waals surface area contributed by atoms with Gasteiger partial charge in [-0.3, -0.25) is 13.9 Å². The van der Waals surface area contributed by atoms with Crippen molar-refractivity contribution in [3.63, 3.8) is 0 Å². The Hall–Kier alpha value is -3.76. The lowest BCUT2D eigenvalue weighted by molar-refractivity contribution is -0.140. The molecule has 1 N–H and O–H groups in total. The molecule has 1 aliphatic carbocycles. The number of carbonyl (C=O) groups excluding carboxylic acids is 2. The SMILES string of the molecule is CCC(C(=O)NC1CCCCC1)N(CCc1ccccc1)C(=O)CN(c1ccc(Cl)cc1)S(=O)(=O)c1ccc(OC)c(OC)c1. The molecule has 11 heteroatoms. The van der Waals surface area contributed by atoms with Gasteiger partial charge in [0, 0.05) is 23.7 Å². The quantitative estimate of drug-likeness (QED) is 0.234. The zero-order chi connectivity index (χ0) is 32.4. The van der Waals surface area contributed by atoms with Crippen molar-refractivity contribution in [3.05, 3.63) is 83.4 Å². The Balaban J connectivity index is 1.69. The topological polar surface area (TPSA) is 105 Å². The van der Waals surface area contributed by atoms with E-state index in [0.717, 1.165) is 42.0 Å². The van der Waals surface area contributed by atoms with Gasteiger partial charge in [0.25, 0.3) is 10.0 Å². The van der Waals surface area contributed by atoms with Crippen LogP contribution in [0.25, 0.3) is 0 Å². The van der Waals surface area contributed by atoms with E-state index in [0.29, 0.717) is 23.6 Å². The molecule has 0 bridgehead atoms. The number of anilines is 1. The van der Waals surface area contributed by atoms with Crippen molar-refractivity contribution in [3.8, 4) is 11.5 Å². The fraction of sp³-hybridized carbons (Fsp3) is 0.412. The van der Waals surface area contributed by atoms with Gasteiger partial charge in [-0.1, -0.05) is 68.1 Å². The number of carbonyl (C=O) groups is 2. The molecular weight excluding hydrogens is 614 g/mol. The predicted molar refractivity (Wildman–Crippen MR) is 176 cm³/mol. The number of ether oxygens (including phenoxy) is 2. The van der Waals surface area contributed by atoms with Crippen LogP contribution in [0, 0.1) is 0 Å². The minimum absolute atomic E-state index is 0.0716. The summed E-state index contributed by atoms with van der Waals surface area (Å²) in [6.45, 7) is 1.58. The van der Waals surface area contributed by atoms with Gasteiger partial charge in [-0.2, -0.15) is 0 Å². The molecule has 0 aliphatic heterocycles. The molecule has 45 heavy (non-hydrogen) atoms. The second-order valence-corrected chi connectivity index (χ2v) is 13.4. The summed E-state index contributed by atoms with van der Waals surface area (Å²) in [6.07, 6.45) is 5.97. The van der Waals surface area contributed by atoms with Crippen LogP contribution >= 0.6 is 11.6 Å². The van der Waals surface area contributed by atoms with Crippen molar-refractivity contribution in [2.45, 2.75) is 68.8 Å². The minimum atomic E-state index is -4.29. The Kier molecular flexibility index (Phi) is 12.1. The van der Waals surface area contributed by atoms with Crippen molar-refractivity contribution in [1.29, 1.82) is 0 Å². The number of hydrogen-bond donors (Lipinski definition) is 1. The summed E-state index contributed by atoms with van der Waals surface area (Å²) >= 11 is 6.13. The Morgan fingerprint density at radius 3 is 2.22 bits per heavy atom. The van der Waals surface area contributed by atoms with E-state index in [1.165, 1.54) is 37.3 Å². The summed E-state index contributed by atoms with van der Waals surface area (Å²) in [7, 11) is -1.41. The number of hydrogen-bond acceptors (Lipinski definition) is 6. The average molecular weight is 656 g/mol. The first-order valence-corrected chi connectivity index (χ1v) is 17.1. The third-order valence-electron chi connectivity index (χ3n) is 8.16. The molecule has 242 valence electrons. The van der Waals surface area contributed by atoms with Crippen molar-refractivity contribution in [1.82, 2.24) is 10.2 Å². The first kappa shape index (κ1) is 34.1. The zero-order valence-corrected chi connectivity index (χ0v) is 27.6. The number of amides is 2. The summed E-state index contributed by atoms with van der Waals surface area (Å²) < 4.78 is 40.1. The lowest BCUT2D eigenvalue weighted by Crippen LogP contribution is -2.54. The summed E-state index contributed by atoms with van der Waals surface area (Å²) in [5, 5.41) is 3.59. The molecule has 0 aromatic heterocycles. The van der Waals surface area contributed by atoms with Crippen LogP contribution in [-0.2, 0) is 26.0 Å². The zero-order valence-electron chi connectivity index (χ0n) is 26.1. The number of benzene rings is 3. The van der Waals surface area contributed by atoms with Crippen LogP contribution in [0.2, 0.25) is 5.02 Å². The Labute approximate surface area is 271 Å². The highest BCUT2D eigenvalue weighted by Gasteiger charge is 2.34. The predicted octanol–water partition coefficient (Wildman–Crippen LogP) is 5.85. The van der Waals surface area contributed by atoms with Gasteiger partial charge < -0.3 is 19.7 Å². The first-order chi connectivity index (χ1) is 21.7. The van der Waals surface area contributed by atoms with Gasteiger partial charge in [-0.15, -0.1) is 0 Å². The summed E-state index contributed by atoms with van der Waals surface area (Å²) in [5.41, 5.74) is 1.26. The lowest BCUT2D eigenvalue weighted by Gasteiger charge is -2.34. The highest BCUT2D eigenvalue weighted by atomic mass is 35.5. The van der Waals surface area contributed by atoms with Crippen LogP contribution in [-0.4, -0.2) is 64.5 Å². The average Bonchev–Trinajstić information content (AvgIpc) is 3.06. The monoisotopic (exact) mass is 655 g/mol. The number of halogens is 1. The Morgan fingerprint density at radius 2 is 1.60 bits per heavy atom. The van der Waals surface area contributed by atoms with Gasteiger partial charge in [0.05, 0.1) is 24.8 Å². The lowest BCUT2D eigenvalue weighted by atomic mass is 9.95. The molecule has 3 aromatic rings. The molecule has 1 fully saturated rings. The number of nitrogens with one attached hydrogen (secondary N) is 1. The van der Waals surface area contributed by atoms with E-state index >= 15 is 0 Å². The molecule has 9 nitrogen and oxygen atoms in total. The van der Waals surface area contributed by atoms with Crippen molar-refractivity contribution in [2.24, 2.45) is 0 Å². The molecule has 1 saturated carbocycles. The summed E-state index contributed by atoms with van der Waals surface area (Å²) in [5.74, 6) is -0.106. The molecule has 3 aromatic carbocycles. The second-order valence-electron chi connectivity index (χ2n) is 11.1. The second kappa shape index (κ2) is 16.0. The molecule has 1 aliphatic rings. The van der Waals surface area contributed by atoms with Gasteiger partial charge in [-0.25, -0.2) is 8.42 Å². The molecule has 0 heterocycles. The maximum absolute atomic E-state index is 14.3. The number of rotatable bonds is 14. The van der Waals surface area contributed by atoms with Crippen molar-refractivity contribution in [2.75, 3.05) is 31.6 Å². The van der Waals surface area contributed by atoms with E-state index in [4.69, 9.17) is 21.1 Å². The van der Waals surface area contributed by atoms with Crippen molar-refractivity contribution < 1.29 is 27.5 Å². The van der Waals surface area contributed by atoms with E-state index in [1.54, 1.807) is 24.3 Å². The van der Waals surface area contributed by atoms with Gasteiger partial charge in [0.15, 0.2) is 11.5 Å². The normalized spacial score (nSPS) is 14.3. The fourth-order valence-corrected chi connectivity index (χ4v) is 7.24. The van der Waals surface area contributed by atoms with E-state index in [2.05, 4.69) is 5.32 Å². The van der Waals surface area contributed by atoms with E-state index < -0.39 is 28.5 Å². The minimum Gasteiger partial charge on any atom is -0.493 e. The Morgan fingerprint density at radius 1 is 0.933 bits per heavy atom. The van der Waals surface area contributed by atoms with Crippen LogP contribution in [0.15, 0.2) is 77.7 Å². The summed E-state index contributed by atoms with van der Waals surface area (Å²) in [6, 6.07) is 19.5. The first-order valence-electron chi connectivity index (χ1n) is 15.3. The summed E-state index contributed by atoms with van der Waals surface area (Å²) in [4.78, 5) is 29.4. The van der Waals surface area contributed by atoms with Crippen LogP contribution in [0.3, 0.4) is 0 Å². The Bertz CT molecular complexity index is 1530. The third-order valence-corrected chi connectivity index (χ3v) is 10.2. The van der Waals surface area contributed by atoms with E-state index in [1.807, 2.05) is 37.3 Å². The largest absolute Gasteiger partial charge is 0.493 e. The fourth-order valence-electron chi connectivity index (χ4n) is 5.68. The third kappa shape index (κ3) is 8.70. The number of methoxy groups -OCH3 is 2. The van der Waals surface area contributed by atoms with Crippen LogP contribution in [0.5, 0.6) is 11.5 Å². The van der Waals surface area contributed by atoms with E-state index in [9.17, 15) is 18.0 Å². The smallest absolute Gasteiger partial charge is 0.264 e. The van der Waals surface area contributed by atoms with Crippen LogP contribution < -0.4 is 19.1 Å². The van der Waals surface area contributed by atoms with Gasteiger partial charge in [0.1, 0.15) is 12.6 Å². The molecule has 0 radical (unpaired) electrons. The van der Waals surface area contributed by atoms with E-state index in [-0.39, 0.29) is 34.8 Å². The molecule has 4 rings (SSSR count). The molecule has 0 saturated heterocycles. The standard InChI is InChI=1S/C34H42ClN3O6S/c1-4-30(34(40)36-27-13-9-6-10-14-27)37(22-21-25-11-7-5-8-12-25)33(39)24-38(28-17-15-26(35)16-18-28)45(41,42)29-19-20-31(43-2)32(23-29)44-3/h5,7-8,11-12,15-20,23,27,30H,4,6,9-10,13-14,21-22,24H2,1-3H3,(H,36,40). The van der Waals surface area contributed by atoms with Gasteiger partial charge >= 0.3 is 0 Å². The van der Waals surface area contributed by atoms with Gasteiger partial charge in [-0.05, 0) is 67.6 Å². The molecular formula is C34H42ClN3O6S. The van der Waals surface area contributed by atoms with Crippen LogP contribution in [0.4, 0.5) is 5.69 Å². The number of sulfonamides is 1. The highest BCUT2D eigenvalue weighted by molar-refractivity contribution is 7.92. The highest BCUT2D eigenvalue weighted by Crippen LogP contribution is 2.33. The molecule has 0 spiro atoms. The molecule has 1 atom stereocenters. The number of nitrogens with zero attached hydrogens (tertiary/aromatic N) is 2.